The second-order valence-electron chi connectivity index (χ2n) is 9.68. The highest BCUT2D eigenvalue weighted by Crippen LogP contribution is 2.32. The van der Waals surface area contributed by atoms with E-state index in [-0.39, 0.29) is 22.4 Å². The van der Waals surface area contributed by atoms with Gasteiger partial charge in [-0.1, -0.05) is 61.4 Å². The number of fused-ring (bicyclic) bond motifs is 1. The lowest BCUT2D eigenvalue weighted by Gasteiger charge is -2.25. The summed E-state index contributed by atoms with van der Waals surface area (Å²) in [6, 6.07) is 20.9. The summed E-state index contributed by atoms with van der Waals surface area (Å²) in [6.45, 7) is 1.52. The second kappa shape index (κ2) is 13.3. The van der Waals surface area contributed by atoms with Gasteiger partial charge in [-0.2, -0.15) is 0 Å². The number of H-pyrrole nitrogens is 1. The van der Waals surface area contributed by atoms with Gasteiger partial charge in [-0.05, 0) is 54.8 Å². The van der Waals surface area contributed by atoms with Crippen molar-refractivity contribution >= 4 is 16.9 Å². The van der Waals surface area contributed by atoms with Crippen molar-refractivity contribution in [2.24, 2.45) is 0 Å². The molecule has 0 saturated carbocycles. The molecule has 3 aromatic carbocycles. The third-order valence-corrected chi connectivity index (χ3v) is 6.87. The summed E-state index contributed by atoms with van der Waals surface area (Å²) < 4.78 is 5.82. The number of nitrogens with one attached hydrogen (secondary N) is 2. The smallest absolute Gasteiger partial charge is 0.345 e. The Morgan fingerprint density at radius 1 is 0.925 bits per heavy atom. The number of phenols is 1. The summed E-state index contributed by atoms with van der Waals surface area (Å²) in [5.74, 6) is -0.901. The molecule has 0 spiro atoms. The Bertz CT molecular complexity index is 1490. The number of aliphatic hydroxyl groups is 2. The van der Waals surface area contributed by atoms with Crippen molar-refractivity contribution in [3.05, 3.63) is 106 Å². The molecule has 2 atom stereocenters. The Morgan fingerprint density at radius 3 is 2.45 bits per heavy atom. The molecule has 0 fully saturated rings. The average Bonchev–Trinajstić information content (AvgIpc) is 2.96. The van der Waals surface area contributed by atoms with Gasteiger partial charge < -0.3 is 35.5 Å². The number of carboxylic acids is 1. The van der Waals surface area contributed by atoms with Gasteiger partial charge in [0.2, 0.25) is 11.2 Å². The number of benzene rings is 3. The lowest BCUT2D eigenvalue weighted by atomic mass is 9.86. The van der Waals surface area contributed by atoms with Crippen LogP contribution < -0.4 is 15.6 Å². The van der Waals surface area contributed by atoms with E-state index in [1.807, 2.05) is 0 Å². The molecule has 210 valence electrons. The lowest BCUT2D eigenvalue weighted by molar-refractivity contribution is -0.155. The van der Waals surface area contributed by atoms with E-state index in [1.54, 1.807) is 66.7 Å². The van der Waals surface area contributed by atoms with Crippen LogP contribution in [-0.4, -0.2) is 51.1 Å². The molecule has 0 aliphatic carbocycles. The lowest BCUT2D eigenvalue weighted by Crippen LogP contribution is -2.36. The van der Waals surface area contributed by atoms with Crippen molar-refractivity contribution in [2.45, 2.75) is 37.4 Å². The second-order valence-corrected chi connectivity index (χ2v) is 9.68. The molecule has 1 heterocycles. The van der Waals surface area contributed by atoms with Gasteiger partial charge >= 0.3 is 5.97 Å². The molecule has 0 radical (unpaired) electrons. The fourth-order valence-electron chi connectivity index (χ4n) is 4.70. The first-order chi connectivity index (χ1) is 19.3. The van der Waals surface area contributed by atoms with E-state index >= 15 is 0 Å². The summed E-state index contributed by atoms with van der Waals surface area (Å²) in [5, 5.41) is 45.3. The maximum absolute atomic E-state index is 12.0. The Kier molecular flexibility index (Phi) is 9.55. The van der Waals surface area contributed by atoms with Crippen LogP contribution in [0.3, 0.4) is 0 Å². The topological polar surface area (TPSA) is 152 Å². The van der Waals surface area contributed by atoms with Gasteiger partial charge in [0.15, 0.2) is 0 Å². The van der Waals surface area contributed by atoms with Gasteiger partial charge in [0, 0.05) is 23.6 Å². The number of hydrogen-bond acceptors (Lipinski definition) is 7. The van der Waals surface area contributed by atoms with Gasteiger partial charge in [0.1, 0.15) is 11.5 Å². The van der Waals surface area contributed by atoms with Crippen molar-refractivity contribution in [3.8, 4) is 11.5 Å². The number of aliphatic hydroxyl groups excluding tert-OH is 1. The largest absolute Gasteiger partial charge is 0.506 e. The number of aliphatic carboxylic acids is 1. The number of aromatic nitrogens is 1. The molecule has 0 saturated heterocycles. The molecule has 1 aromatic heterocycles. The summed E-state index contributed by atoms with van der Waals surface area (Å²) in [5.41, 5.74) is -1.05. The predicted octanol–water partition coefficient (Wildman–Crippen LogP) is 3.82. The molecule has 0 amide bonds. The number of pyridine rings is 1. The predicted molar refractivity (Wildman–Crippen MR) is 152 cm³/mol. The molecule has 4 aromatic rings. The highest BCUT2D eigenvalue weighted by Gasteiger charge is 2.40. The molecule has 6 N–H and O–H groups in total. The molecular weight excluding hydrogens is 512 g/mol. The monoisotopic (exact) mass is 546 g/mol. The summed E-state index contributed by atoms with van der Waals surface area (Å²) in [7, 11) is 0. The summed E-state index contributed by atoms with van der Waals surface area (Å²) in [6.07, 6.45) is 2.82. The average molecular weight is 547 g/mol. The number of hydrogen-bond donors (Lipinski definition) is 6. The minimum atomic E-state index is -2.17. The quantitative estimate of drug-likeness (QED) is 0.131. The number of rotatable bonds is 14. The van der Waals surface area contributed by atoms with Crippen molar-refractivity contribution < 1.29 is 30.0 Å². The standard InChI is InChI=1S/C31H34N2O7/c34-26-15-13-24(25-14-16-28(36)33-29(25)26)27(35)20-32-17-6-1-2-7-18-40-23-12-8-11-22(19-23)31(39,30(37)38)21-9-4-3-5-10-21/h3-5,8-16,19,27,32,34-35,39H,1-2,6-7,17-18,20H2,(H,33,36)(H,37,38)/t27-,31-/m0/s1. The molecule has 4 rings (SSSR count). The van der Waals surface area contributed by atoms with Crippen LogP contribution in [0, 0.1) is 0 Å². The van der Waals surface area contributed by atoms with Crippen LogP contribution in [0.5, 0.6) is 11.5 Å². The SMILES string of the molecule is O=C(O)[C@](O)(c1ccccc1)c1cccc(OCCCCCCNC[C@H](O)c2ccc(O)c3[nH]c(=O)ccc23)c1. The minimum Gasteiger partial charge on any atom is -0.506 e. The Labute approximate surface area is 231 Å². The Hall–Kier alpha value is -4.18. The first-order valence-corrected chi connectivity index (χ1v) is 13.3. The molecule has 0 aliphatic heterocycles. The number of carbonyl (C=O) groups is 1. The van der Waals surface area contributed by atoms with Gasteiger partial charge in [-0.3, -0.25) is 4.79 Å². The third kappa shape index (κ3) is 6.69. The van der Waals surface area contributed by atoms with E-state index < -0.39 is 17.7 Å². The zero-order valence-corrected chi connectivity index (χ0v) is 22.0. The maximum Gasteiger partial charge on any atom is 0.345 e. The van der Waals surface area contributed by atoms with Crippen LogP contribution >= 0.6 is 0 Å². The van der Waals surface area contributed by atoms with Gasteiger partial charge in [-0.15, -0.1) is 0 Å². The van der Waals surface area contributed by atoms with Crippen molar-refractivity contribution in [2.75, 3.05) is 19.7 Å². The first kappa shape index (κ1) is 28.8. The number of carboxylic acid groups (broad SMARTS) is 1. The van der Waals surface area contributed by atoms with Crippen LogP contribution in [0.2, 0.25) is 0 Å². The molecule has 0 aliphatic rings. The van der Waals surface area contributed by atoms with Crippen molar-refractivity contribution in [1.82, 2.24) is 10.3 Å². The first-order valence-electron chi connectivity index (χ1n) is 13.3. The van der Waals surface area contributed by atoms with Crippen molar-refractivity contribution in [1.29, 1.82) is 0 Å². The number of aromatic amines is 1. The summed E-state index contributed by atoms with van der Waals surface area (Å²) in [4.78, 5) is 26.2. The molecule has 9 heteroatoms. The summed E-state index contributed by atoms with van der Waals surface area (Å²) >= 11 is 0. The molecule has 9 nitrogen and oxygen atoms in total. The molecule has 40 heavy (non-hydrogen) atoms. The Morgan fingerprint density at radius 2 is 1.68 bits per heavy atom. The van der Waals surface area contributed by atoms with Crippen LogP contribution in [-0.2, 0) is 10.4 Å². The fourth-order valence-corrected chi connectivity index (χ4v) is 4.70. The molecule has 0 unspecified atom stereocenters. The van der Waals surface area contributed by atoms with E-state index in [9.17, 15) is 30.0 Å². The fraction of sp³-hybridized carbons (Fsp3) is 0.290. The van der Waals surface area contributed by atoms with E-state index in [1.165, 1.54) is 12.1 Å². The maximum atomic E-state index is 12.0. The van der Waals surface area contributed by atoms with Crippen LogP contribution in [0.4, 0.5) is 0 Å². The highest BCUT2D eigenvalue weighted by molar-refractivity contribution is 5.87. The van der Waals surface area contributed by atoms with E-state index in [0.29, 0.717) is 35.4 Å². The Balaban J connectivity index is 1.18. The van der Waals surface area contributed by atoms with Crippen LogP contribution in [0.25, 0.3) is 10.9 Å². The number of ether oxygens (including phenoxy) is 1. The minimum absolute atomic E-state index is 0.0396. The molecule has 0 bridgehead atoms. The van der Waals surface area contributed by atoms with Crippen LogP contribution in [0.1, 0.15) is 48.5 Å². The van der Waals surface area contributed by atoms with Crippen LogP contribution in [0.15, 0.2) is 83.7 Å². The zero-order valence-electron chi connectivity index (χ0n) is 22.0. The van der Waals surface area contributed by atoms with E-state index in [0.717, 1.165) is 32.2 Å². The third-order valence-electron chi connectivity index (χ3n) is 6.87. The number of aromatic hydroxyl groups is 1. The van der Waals surface area contributed by atoms with E-state index in [4.69, 9.17) is 4.74 Å². The van der Waals surface area contributed by atoms with Gasteiger partial charge in [0.05, 0.1) is 18.2 Å². The number of phenolic OH excluding ortho intramolecular Hbond substituents is 1. The van der Waals surface area contributed by atoms with Gasteiger partial charge in [-0.25, -0.2) is 4.79 Å². The highest BCUT2D eigenvalue weighted by atomic mass is 16.5. The van der Waals surface area contributed by atoms with Gasteiger partial charge in [0.25, 0.3) is 0 Å². The molecular formula is C31H34N2O7. The number of unbranched alkanes of at least 4 members (excludes halogenated alkanes) is 3. The van der Waals surface area contributed by atoms with E-state index in [2.05, 4.69) is 10.3 Å². The van der Waals surface area contributed by atoms with Crippen molar-refractivity contribution in [3.63, 3.8) is 0 Å². The normalized spacial score (nSPS) is 13.6. The zero-order chi connectivity index (χ0) is 28.5.